The minimum atomic E-state index is -0.710. The second-order valence-electron chi connectivity index (χ2n) is 6.26. The van der Waals surface area contributed by atoms with Crippen molar-refractivity contribution < 1.29 is 23.8 Å². The average molecular weight is 333 g/mol. The Balaban J connectivity index is 1.66. The van der Waals surface area contributed by atoms with E-state index in [2.05, 4.69) is 0 Å². The summed E-state index contributed by atoms with van der Waals surface area (Å²) in [5.74, 6) is 0.267. The van der Waals surface area contributed by atoms with Gasteiger partial charge in [0.05, 0.1) is 0 Å². The maximum atomic E-state index is 12.6. The van der Waals surface area contributed by atoms with Crippen LogP contribution in [0.15, 0.2) is 30.3 Å². The van der Waals surface area contributed by atoms with Crippen LogP contribution in [0.25, 0.3) is 0 Å². The van der Waals surface area contributed by atoms with Crippen LogP contribution in [0.5, 0.6) is 0 Å². The van der Waals surface area contributed by atoms with Crippen molar-refractivity contribution in [1.82, 2.24) is 4.90 Å². The highest BCUT2D eigenvalue weighted by atomic mass is 16.6. The van der Waals surface area contributed by atoms with E-state index in [9.17, 15) is 9.59 Å². The van der Waals surface area contributed by atoms with Gasteiger partial charge in [-0.15, -0.1) is 0 Å². The minimum Gasteiger partial charge on any atom is -0.444 e. The topological polar surface area (TPSA) is 65.1 Å². The molecule has 1 amide bonds. The molecular formula is C18H23NO5. The van der Waals surface area contributed by atoms with Crippen molar-refractivity contribution in [3.63, 3.8) is 0 Å². The first-order chi connectivity index (χ1) is 11.8. The van der Waals surface area contributed by atoms with Crippen LogP contribution in [0.3, 0.4) is 0 Å². The lowest BCUT2D eigenvalue weighted by Gasteiger charge is -2.33. The van der Waals surface area contributed by atoms with E-state index in [-0.39, 0.29) is 25.4 Å². The third kappa shape index (κ3) is 3.87. The summed E-state index contributed by atoms with van der Waals surface area (Å²) < 4.78 is 16.2. The Morgan fingerprint density at radius 1 is 1.21 bits per heavy atom. The molecule has 1 heterocycles. The lowest BCUT2D eigenvalue weighted by atomic mass is 9.87. The highest BCUT2D eigenvalue weighted by Crippen LogP contribution is 2.34. The molecule has 1 unspecified atom stereocenters. The number of nitrogens with zero attached hydrogens (tertiary/aromatic N) is 1. The summed E-state index contributed by atoms with van der Waals surface area (Å²) in [6, 6.07) is 9.49. The Hall–Kier alpha value is -2.08. The van der Waals surface area contributed by atoms with Crippen LogP contribution in [0.1, 0.15) is 37.7 Å². The van der Waals surface area contributed by atoms with Crippen LogP contribution in [0.2, 0.25) is 0 Å². The van der Waals surface area contributed by atoms with Gasteiger partial charge in [-0.05, 0) is 18.4 Å². The van der Waals surface area contributed by atoms with E-state index in [0.29, 0.717) is 6.47 Å². The quantitative estimate of drug-likeness (QED) is 0.775. The fourth-order valence-corrected chi connectivity index (χ4v) is 3.47. The van der Waals surface area contributed by atoms with Gasteiger partial charge in [0, 0.05) is 5.92 Å². The molecule has 1 aliphatic carbocycles. The molecule has 0 spiro atoms. The van der Waals surface area contributed by atoms with Gasteiger partial charge in [-0.3, -0.25) is 4.79 Å². The predicted molar refractivity (Wildman–Crippen MR) is 85.7 cm³/mol. The molecule has 2 aliphatic rings. The molecule has 24 heavy (non-hydrogen) atoms. The van der Waals surface area contributed by atoms with Crippen LogP contribution in [0, 0.1) is 5.92 Å². The normalized spacial score (nSPS) is 24.6. The van der Waals surface area contributed by atoms with Crippen molar-refractivity contribution in [2.24, 2.45) is 5.92 Å². The van der Waals surface area contributed by atoms with Gasteiger partial charge in [-0.25, -0.2) is 9.69 Å². The number of carbonyl (C=O) groups is 2. The van der Waals surface area contributed by atoms with Crippen LogP contribution < -0.4 is 0 Å². The molecule has 0 aromatic heterocycles. The largest absolute Gasteiger partial charge is 0.444 e. The van der Waals surface area contributed by atoms with Gasteiger partial charge in [-0.1, -0.05) is 49.6 Å². The fourth-order valence-electron chi connectivity index (χ4n) is 3.47. The molecule has 0 N–H and O–H groups in total. The van der Waals surface area contributed by atoms with Gasteiger partial charge in [0.15, 0.2) is 0 Å². The second kappa shape index (κ2) is 8.15. The summed E-state index contributed by atoms with van der Waals surface area (Å²) in [6.45, 7) is 0.733. The Labute approximate surface area is 141 Å². The zero-order valence-electron chi connectivity index (χ0n) is 13.6. The molecule has 0 radical (unpaired) electrons. The lowest BCUT2D eigenvalue weighted by molar-refractivity contribution is -0.139. The van der Waals surface area contributed by atoms with E-state index in [0.717, 1.165) is 31.2 Å². The minimum absolute atomic E-state index is 0.182. The Morgan fingerprint density at radius 2 is 1.96 bits per heavy atom. The molecule has 6 nitrogen and oxygen atoms in total. The number of hydrogen-bond acceptors (Lipinski definition) is 5. The SMILES string of the molecule is O=CO[C@@H]1COC(C2CCCCC2)N1C(=O)OCc1ccccc1. The Bertz CT molecular complexity index is 544. The predicted octanol–water partition coefficient (Wildman–Crippen LogP) is 3.06. The van der Waals surface area contributed by atoms with E-state index < -0.39 is 12.3 Å². The van der Waals surface area contributed by atoms with E-state index in [4.69, 9.17) is 14.2 Å². The summed E-state index contributed by atoms with van der Waals surface area (Å²) in [6.07, 6.45) is 3.93. The first-order valence-electron chi connectivity index (χ1n) is 8.49. The Morgan fingerprint density at radius 3 is 2.67 bits per heavy atom. The van der Waals surface area contributed by atoms with Crippen LogP contribution in [-0.2, 0) is 25.6 Å². The van der Waals surface area contributed by atoms with E-state index in [1.807, 2.05) is 30.3 Å². The maximum absolute atomic E-state index is 12.6. The zero-order chi connectivity index (χ0) is 16.8. The summed E-state index contributed by atoms with van der Waals surface area (Å²) in [4.78, 5) is 24.8. The van der Waals surface area contributed by atoms with Gasteiger partial charge < -0.3 is 14.2 Å². The summed E-state index contributed by atoms with van der Waals surface area (Å²) in [5.41, 5.74) is 0.910. The highest BCUT2D eigenvalue weighted by Gasteiger charge is 2.44. The smallest absolute Gasteiger partial charge is 0.415 e. The lowest BCUT2D eigenvalue weighted by Crippen LogP contribution is -2.46. The molecule has 1 aromatic rings. The first-order valence-corrected chi connectivity index (χ1v) is 8.49. The standard InChI is InChI=1S/C18H23NO5/c20-13-24-16-12-22-17(15-9-5-2-6-10-15)19(16)18(21)23-11-14-7-3-1-4-8-14/h1,3-4,7-8,13,15-17H,2,5-6,9-12H2/t16-,17?/m1/s1. The molecule has 2 fully saturated rings. The van der Waals surface area contributed by atoms with Crippen molar-refractivity contribution >= 4 is 12.6 Å². The average Bonchev–Trinajstić information content (AvgIpc) is 3.05. The van der Waals surface area contributed by atoms with Crippen LogP contribution in [0.4, 0.5) is 4.79 Å². The fraction of sp³-hybridized carbons (Fsp3) is 0.556. The third-order valence-corrected chi connectivity index (χ3v) is 4.68. The Kier molecular flexibility index (Phi) is 5.69. The highest BCUT2D eigenvalue weighted by molar-refractivity contribution is 5.68. The van der Waals surface area contributed by atoms with Gasteiger partial charge >= 0.3 is 6.09 Å². The number of rotatable bonds is 5. The summed E-state index contributed by atoms with van der Waals surface area (Å²) in [5, 5.41) is 0. The van der Waals surface area contributed by atoms with Gasteiger partial charge in [0.2, 0.25) is 6.23 Å². The third-order valence-electron chi connectivity index (χ3n) is 4.68. The molecule has 0 bridgehead atoms. The molecule has 6 heteroatoms. The molecule has 1 saturated heterocycles. The summed E-state index contributed by atoms with van der Waals surface area (Å²) in [7, 11) is 0. The van der Waals surface area contributed by atoms with Crippen LogP contribution in [-0.4, -0.2) is 36.5 Å². The van der Waals surface area contributed by atoms with E-state index >= 15 is 0 Å². The molecule has 1 saturated carbocycles. The number of benzene rings is 1. The molecule has 1 aliphatic heterocycles. The number of amides is 1. The van der Waals surface area contributed by atoms with Crippen molar-refractivity contribution in [2.45, 2.75) is 51.2 Å². The van der Waals surface area contributed by atoms with Gasteiger partial charge in [-0.2, -0.15) is 0 Å². The molecular weight excluding hydrogens is 310 g/mol. The second-order valence-corrected chi connectivity index (χ2v) is 6.26. The molecule has 1 aromatic carbocycles. The maximum Gasteiger partial charge on any atom is 0.415 e. The first kappa shape index (κ1) is 16.8. The molecule has 130 valence electrons. The van der Waals surface area contributed by atoms with E-state index in [1.54, 1.807) is 0 Å². The zero-order valence-corrected chi connectivity index (χ0v) is 13.6. The van der Waals surface area contributed by atoms with Crippen molar-refractivity contribution in [3.05, 3.63) is 35.9 Å². The number of ether oxygens (including phenoxy) is 3. The van der Waals surface area contributed by atoms with E-state index in [1.165, 1.54) is 11.3 Å². The van der Waals surface area contributed by atoms with Crippen molar-refractivity contribution in [1.29, 1.82) is 0 Å². The van der Waals surface area contributed by atoms with Crippen LogP contribution >= 0.6 is 0 Å². The summed E-state index contributed by atoms with van der Waals surface area (Å²) >= 11 is 0. The monoisotopic (exact) mass is 333 g/mol. The van der Waals surface area contributed by atoms with Crippen molar-refractivity contribution in [2.75, 3.05) is 6.61 Å². The number of hydrogen-bond donors (Lipinski definition) is 0. The molecule has 3 rings (SSSR count). The van der Waals surface area contributed by atoms with Gasteiger partial charge in [0.25, 0.3) is 6.47 Å². The molecule has 2 atom stereocenters. The number of carbonyl (C=O) groups excluding carboxylic acids is 2. The van der Waals surface area contributed by atoms with Crippen molar-refractivity contribution in [3.8, 4) is 0 Å². The van der Waals surface area contributed by atoms with Gasteiger partial charge in [0.1, 0.15) is 19.4 Å².